The van der Waals surface area contributed by atoms with E-state index in [0.717, 1.165) is 6.07 Å². The lowest BCUT2D eigenvalue weighted by atomic mass is 10.2. The van der Waals surface area contributed by atoms with Crippen LogP contribution in [0.5, 0.6) is 0 Å². The lowest BCUT2D eigenvalue weighted by molar-refractivity contribution is 0.102. The Bertz CT molecular complexity index is 805. The summed E-state index contributed by atoms with van der Waals surface area (Å²) in [6.45, 7) is 1.44. The van der Waals surface area contributed by atoms with Crippen LogP contribution >= 0.6 is 33.9 Å². The number of halogens is 3. The predicted molar refractivity (Wildman–Crippen MR) is 78.6 cm³/mol. The molecule has 21 heavy (non-hydrogen) atoms. The van der Waals surface area contributed by atoms with E-state index in [1.807, 2.05) is 0 Å². The maximum atomic E-state index is 11.9. The second-order valence-corrected chi connectivity index (χ2v) is 7.24. The highest BCUT2D eigenvalue weighted by molar-refractivity contribution is 8.13. The number of carbonyl (C=O) groups excluding carboxylic acids is 1. The largest absolute Gasteiger partial charge is 0.318 e. The average molecular weight is 370 g/mol. The van der Waals surface area contributed by atoms with Crippen molar-refractivity contribution in [2.24, 2.45) is 0 Å². The number of anilines is 1. The molecule has 0 fully saturated rings. The number of hydrogen-bond acceptors (Lipinski definition) is 5. The van der Waals surface area contributed by atoms with Crippen molar-refractivity contribution in [3.05, 3.63) is 33.6 Å². The highest BCUT2D eigenvalue weighted by atomic mass is 35.7. The van der Waals surface area contributed by atoms with E-state index < -0.39 is 15.0 Å². The molecule has 1 aromatic heterocycles. The lowest BCUT2D eigenvalue weighted by Crippen LogP contribution is -2.14. The van der Waals surface area contributed by atoms with Crippen molar-refractivity contribution < 1.29 is 13.2 Å². The summed E-state index contributed by atoms with van der Waals surface area (Å²) in [6.07, 6.45) is 1.21. The van der Waals surface area contributed by atoms with Crippen molar-refractivity contribution in [1.82, 2.24) is 15.4 Å². The number of benzene rings is 1. The molecule has 0 atom stereocenters. The summed E-state index contributed by atoms with van der Waals surface area (Å²) < 4.78 is 22.8. The molecule has 2 aromatic rings. The highest BCUT2D eigenvalue weighted by Crippen LogP contribution is 2.38. The average Bonchev–Trinajstić information content (AvgIpc) is 2.91. The quantitative estimate of drug-likeness (QED) is 0.809. The van der Waals surface area contributed by atoms with Gasteiger partial charge in [0.15, 0.2) is 5.69 Å². The molecule has 0 spiro atoms. The van der Waals surface area contributed by atoms with Gasteiger partial charge in [-0.15, -0.1) is 0 Å². The summed E-state index contributed by atoms with van der Waals surface area (Å²) in [5.41, 5.74) is 0.258. The van der Waals surface area contributed by atoms with E-state index in [2.05, 4.69) is 20.7 Å². The molecule has 0 aliphatic carbocycles. The van der Waals surface area contributed by atoms with Gasteiger partial charge < -0.3 is 5.32 Å². The summed E-state index contributed by atoms with van der Waals surface area (Å²) in [7, 11) is 1.29. The molecule has 1 amide bonds. The molecule has 0 saturated carbocycles. The number of nitrogens with one attached hydrogen (secondary N) is 2. The number of aromatic amines is 1. The monoisotopic (exact) mass is 368 g/mol. The molecular weight excluding hydrogens is 363 g/mol. The van der Waals surface area contributed by atoms with Gasteiger partial charge in [-0.1, -0.05) is 23.2 Å². The zero-order chi connectivity index (χ0) is 15.8. The lowest BCUT2D eigenvalue weighted by Gasteiger charge is -2.13. The Morgan fingerprint density at radius 1 is 1.38 bits per heavy atom. The van der Waals surface area contributed by atoms with E-state index in [1.165, 1.54) is 13.1 Å². The summed E-state index contributed by atoms with van der Waals surface area (Å²) in [5.74, 6) is -0.603. The first kappa shape index (κ1) is 16.0. The van der Waals surface area contributed by atoms with Crippen molar-refractivity contribution >= 4 is 54.5 Å². The van der Waals surface area contributed by atoms with E-state index in [-0.39, 0.29) is 31.9 Å². The third-order valence-electron chi connectivity index (χ3n) is 2.56. The number of amides is 1. The topological polar surface area (TPSA) is 105 Å². The number of rotatable bonds is 3. The molecule has 2 rings (SSSR count). The first-order chi connectivity index (χ1) is 9.71. The van der Waals surface area contributed by atoms with Crippen LogP contribution in [0.1, 0.15) is 16.1 Å². The summed E-state index contributed by atoms with van der Waals surface area (Å²) >= 11 is 12.0. The van der Waals surface area contributed by atoms with E-state index in [4.69, 9.17) is 33.9 Å². The molecule has 112 valence electrons. The molecule has 0 aliphatic rings. The van der Waals surface area contributed by atoms with Crippen LogP contribution in [0.2, 0.25) is 10.0 Å². The van der Waals surface area contributed by atoms with E-state index >= 15 is 0 Å². The van der Waals surface area contributed by atoms with Gasteiger partial charge >= 0.3 is 0 Å². The smallest absolute Gasteiger partial charge is 0.277 e. The van der Waals surface area contributed by atoms with Gasteiger partial charge in [0.25, 0.3) is 15.0 Å². The standard InChI is InChI=1S/C10H7Cl3N4O3S/c1-4-7(21(13,19)20)2-5(11)9(8(4)12)15-10(18)6-3-14-17-16-6/h2-3H,1H3,(H,15,18)(H,14,16,17). The van der Waals surface area contributed by atoms with Crippen molar-refractivity contribution in [3.8, 4) is 0 Å². The van der Waals surface area contributed by atoms with Crippen LogP contribution in [0.3, 0.4) is 0 Å². The number of nitrogens with zero attached hydrogens (tertiary/aromatic N) is 2. The van der Waals surface area contributed by atoms with Gasteiger partial charge in [-0.3, -0.25) is 4.79 Å². The number of hydrogen-bond donors (Lipinski definition) is 2. The summed E-state index contributed by atoms with van der Waals surface area (Å²) in [5, 5.41) is 11.7. The van der Waals surface area contributed by atoms with Crippen LogP contribution in [0, 0.1) is 6.92 Å². The minimum Gasteiger partial charge on any atom is -0.318 e. The van der Waals surface area contributed by atoms with Gasteiger partial charge in [-0.05, 0) is 18.6 Å². The first-order valence-corrected chi connectivity index (χ1v) is 8.38. The van der Waals surface area contributed by atoms with Crippen LogP contribution in [0.25, 0.3) is 0 Å². The fourth-order valence-corrected chi connectivity index (χ4v) is 3.43. The fraction of sp³-hybridized carbons (Fsp3) is 0.100. The Kier molecular flexibility index (Phi) is 4.43. The molecule has 0 unspecified atom stereocenters. The van der Waals surface area contributed by atoms with Crippen molar-refractivity contribution in [2.75, 3.05) is 5.32 Å². The van der Waals surface area contributed by atoms with Gasteiger partial charge in [-0.25, -0.2) is 8.42 Å². The minimum atomic E-state index is -4.00. The molecule has 0 radical (unpaired) electrons. The molecule has 11 heteroatoms. The van der Waals surface area contributed by atoms with Crippen molar-refractivity contribution in [1.29, 1.82) is 0 Å². The number of aromatic nitrogens is 3. The third kappa shape index (κ3) is 3.29. The predicted octanol–water partition coefficient (Wildman–Crippen LogP) is 2.60. The van der Waals surface area contributed by atoms with Crippen LogP contribution < -0.4 is 5.32 Å². The van der Waals surface area contributed by atoms with Gasteiger partial charge in [0.2, 0.25) is 0 Å². The zero-order valence-corrected chi connectivity index (χ0v) is 13.4. The molecule has 1 aromatic carbocycles. The first-order valence-electron chi connectivity index (χ1n) is 5.32. The molecular formula is C10H7Cl3N4O3S. The normalized spacial score (nSPS) is 11.4. The Labute approximate surface area is 134 Å². The van der Waals surface area contributed by atoms with Gasteiger partial charge in [0.1, 0.15) is 0 Å². The van der Waals surface area contributed by atoms with Crippen molar-refractivity contribution in [2.45, 2.75) is 11.8 Å². The Morgan fingerprint density at radius 3 is 2.57 bits per heavy atom. The van der Waals surface area contributed by atoms with E-state index in [0.29, 0.717) is 0 Å². The summed E-state index contributed by atoms with van der Waals surface area (Å²) in [4.78, 5) is 11.7. The summed E-state index contributed by atoms with van der Waals surface area (Å²) in [6, 6.07) is 1.11. The Balaban J connectivity index is 2.47. The second kappa shape index (κ2) is 5.80. The van der Waals surface area contributed by atoms with Crippen molar-refractivity contribution in [3.63, 3.8) is 0 Å². The van der Waals surface area contributed by atoms with Gasteiger partial charge in [0.05, 0.1) is 26.8 Å². The maximum Gasteiger partial charge on any atom is 0.277 e. The minimum absolute atomic E-state index is 0.0221. The van der Waals surface area contributed by atoms with Crippen LogP contribution in [0.4, 0.5) is 5.69 Å². The van der Waals surface area contributed by atoms with Gasteiger partial charge in [0, 0.05) is 10.7 Å². The zero-order valence-electron chi connectivity index (χ0n) is 10.3. The number of H-pyrrole nitrogens is 1. The Hall–Kier alpha value is -1.35. The SMILES string of the molecule is Cc1c(S(=O)(=O)Cl)cc(Cl)c(NC(=O)c2cn[nH]n2)c1Cl. The molecule has 0 saturated heterocycles. The molecule has 7 nitrogen and oxygen atoms in total. The Morgan fingerprint density at radius 2 is 2.05 bits per heavy atom. The molecule has 0 aliphatic heterocycles. The third-order valence-corrected chi connectivity index (χ3v) is 4.78. The van der Waals surface area contributed by atoms with Gasteiger partial charge in [-0.2, -0.15) is 15.4 Å². The highest BCUT2D eigenvalue weighted by Gasteiger charge is 2.22. The van der Waals surface area contributed by atoms with Crippen LogP contribution in [-0.4, -0.2) is 29.7 Å². The van der Waals surface area contributed by atoms with Crippen LogP contribution in [-0.2, 0) is 9.05 Å². The second-order valence-electron chi connectivity index (χ2n) is 3.92. The van der Waals surface area contributed by atoms with E-state index in [9.17, 15) is 13.2 Å². The molecule has 1 heterocycles. The molecule has 2 N–H and O–H groups in total. The fourth-order valence-electron chi connectivity index (χ4n) is 1.55. The molecule has 0 bridgehead atoms. The number of carbonyl (C=O) groups is 1. The maximum absolute atomic E-state index is 11.9. The van der Waals surface area contributed by atoms with E-state index in [1.54, 1.807) is 0 Å². The van der Waals surface area contributed by atoms with Crippen LogP contribution in [0.15, 0.2) is 17.2 Å².